The predicted octanol–water partition coefficient (Wildman–Crippen LogP) is 3.86. The van der Waals surface area contributed by atoms with E-state index in [1.165, 1.54) is 0 Å². The summed E-state index contributed by atoms with van der Waals surface area (Å²) in [5, 5.41) is 2.89. The highest BCUT2D eigenvalue weighted by Crippen LogP contribution is 2.34. The number of carbonyl (C=O) groups is 3. The predicted molar refractivity (Wildman–Crippen MR) is 134 cm³/mol. The van der Waals surface area contributed by atoms with Crippen LogP contribution in [0.2, 0.25) is 0 Å². The minimum absolute atomic E-state index is 0.0637. The second kappa shape index (κ2) is 9.03. The van der Waals surface area contributed by atoms with E-state index in [0.29, 0.717) is 66.7 Å². The minimum atomic E-state index is -0.430. The smallest absolute Gasteiger partial charge is 0.256 e. The first-order valence-corrected chi connectivity index (χ1v) is 12.1. The molecular formula is C28H25N3O5. The minimum Gasteiger partial charge on any atom is -0.486 e. The highest BCUT2D eigenvalue weighted by atomic mass is 16.6. The Morgan fingerprint density at radius 1 is 0.944 bits per heavy atom. The van der Waals surface area contributed by atoms with Gasteiger partial charge in [-0.05, 0) is 54.8 Å². The van der Waals surface area contributed by atoms with E-state index in [4.69, 9.17) is 9.47 Å². The number of para-hydroxylation sites is 1. The molecule has 3 amide bonds. The number of carbonyl (C=O) groups excluding carboxylic acids is 3. The third-order valence-electron chi connectivity index (χ3n) is 6.85. The number of nitrogens with zero attached hydrogens (tertiary/aromatic N) is 2. The van der Waals surface area contributed by atoms with Crippen molar-refractivity contribution >= 4 is 29.1 Å². The maximum atomic E-state index is 13.5. The molecule has 8 nitrogen and oxygen atoms in total. The first-order chi connectivity index (χ1) is 17.6. The van der Waals surface area contributed by atoms with Crippen molar-refractivity contribution < 1.29 is 23.9 Å². The molecule has 0 saturated carbocycles. The molecular weight excluding hydrogens is 458 g/mol. The van der Waals surface area contributed by atoms with Gasteiger partial charge in [0.15, 0.2) is 11.5 Å². The Morgan fingerprint density at radius 3 is 2.56 bits per heavy atom. The van der Waals surface area contributed by atoms with Crippen LogP contribution in [0.15, 0.2) is 66.7 Å². The van der Waals surface area contributed by atoms with Crippen molar-refractivity contribution in [2.45, 2.75) is 25.4 Å². The van der Waals surface area contributed by atoms with E-state index in [2.05, 4.69) is 5.32 Å². The molecule has 0 spiro atoms. The maximum absolute atomic E-state index is 13.5. The van der Waals surface area contributed by atoms with Crippen LogP contribution in [0.25, 0.3) is 0 Å². The number of ether oxygens (including phenoxy) is 2. The summed E-state index contributed by atoms with van der Waals surface area (Å²) in [7, 11) is 0. The lowest BCUT2D eigenvalue weighted by Crippen LogP contribution is -2.44. The van der Waals surface area contributed by atoms with Gasteiger partial charge in [0.25, 0.3) is 11.8 Å². The summed E-state index contributed by atoms with van der Waals surface area (Å²) in [4.78, 5) is 42.8. The number of fused-ring (bicyclic) bond motifs is 3. The summed E-state index contributed by atoms with van der Waals surface area (Å²) < 4.78 is 11.1. The Kier molecular flexibility index (Phi) is 5.56. The highest BCUT2D eigenvalue weighted by Gasteiger charge is 2.41. The molecule has 6 rings (SSSR count). The van der Waals surface area contributed by atoms with E-state index in [0.717, 1.165) is 12.0 Å². The molecule has 3 aromatic carbocycles. The number of rotatable bonds is 4. The van der Waals surface area contributed by atoms with E-state index in [-0.39, 0.29) is 17.7 Å². The SMILES string of the molecule is O=C(Nc1ccc2c(c1)OCCO2)c1ccc(CN2C(=O)C3CCCN3C(=O)c3ccccc32)cc1. The molecule has 1 atom stereocenters. The molecule has 3 aromatic rings. The molecule has 8 heteroatoms. The van der Waals surface area contributed by atoms with Crippen LogP contribution in [0, 0.1) is 0 Å². The monoisotopic (exact) mass is 483 g/mol. The average Bonchev–Trinajstić information content (AvgIpc) is 3.39. The maximum Gasteiger partial charge on any atom is 0.256 e. The molecule has 0 aromatic heterocycles. The number of hydrogen-bond donors (Lipinski definition) is 1. The van der Waals surface area contributed by atoms with Crippen molar-refractivity contribution in [2.24, 2.45) is 0 Å². The quantitative estimate of drug-likeness (QED) is 0.609. The van der Waals surface area contributed by atoms with Gasteiger partial charge in [0.1, 0.15) is 19.3 Å². The molecule has 1 fully saturated rings. The van der Waals surface area contributed by atoms with Gasteiger partial charge in [-0.25, -0.2) is 0 Å². The molecule has 3 aliphatic heterocycles. The number of anilines is 2. The second-order valence-corrected chi connectivity index (χ2v) is 9.11. The summed E-state index contributed by atoms with van der Waals surface area (Å²) >= 11 is 0. The molecule has 3 aliphatic rings. The Balaban J connectivity index is 1.20. The van der Waals surface area contributed by atoms with E-state index < -0.39 is 6.04 Å². The lowest BCUT2D eigenvalue weighted by Gasteiger charge is -2.26. The number of hydrogen-bond acceptors (Lipinski definition) is 5. The van der Waals surface area contributed by atoms with Crippen LogP contribution in [0.1, 0.15) is 39.1 Å². The molecule has 1 unspecified atom stereocenters. The third kappa shape index (κ3) is 3.94. The van der Waals surface area contributed by atoms with Crippen molar-refractivity contribution in [1.29, 1.82) is 0 Å². The standard InChI is InChI=1S/C28H25N3O5/c32-26(29-20-11-12-24-25(16-20)36-15-14-35-24)19-9-7-18(8-10-19)17-31-22-5-2-1-4-21(22)27(33)30-13-3-6-23(30)28(31)34/h1-2,4-5,7-12,16,23H,3,6,13-15,17H2,(H,29,32). The first-order valence-electron chi connectivity index (χ1n) is 12.1. The summed E-state index contributed by atoms with van der Waals surface area (Å²) in [6, 6.07) is 19.3. The lowest BCUT2D eigenvalue weighted by atomic mass is 10.1. The van der Waals surface area contributed by atoms with E-state index in [1.807, 2.05) is 30.3 Å². The zero-order chi connectivity index (χ0) is 24.6. The van der Waals surface area contributed by atoms with Crippen LogP contribution in [0.5, 0.6) is 11.5 Å². The van der Waals surface area contributed by atoms with Crippen molar-refractivity contribution in [3.05, 3.63) is 83.4 Å². The van der Waals surface area contributed by atoms with E-state index >= 15 is 0 Å². The Bertz CT molecular complexity index is 1350. The van der Waals surface area contributed by atoms with Crippen molar-refractivity contribution in [3.63, 3.8) is 0 Å². The van der Waals surface area contributed by atoms with Crippen LogP contribution >= 0.6 is 0 Å². The van der Waals surface area contributed by atoms with Crippen LogP contribution in [0.4, 0.5) is 11.4 Å². The zero-order valence-electron chi connectivity index (χ0n) is 19.6. The van der Waals surface area contributed by atoms with Gasteiger partial charge in [0.05, 0.1) is 17.8 Å². The molecule has 3 heterocycles. The fourth-order valence-electron chi connectivity index (χ4n) is 5.04. The Hall–Kier alpha value is -4.33. The summed E-state index contributed by atoms with van der Waals surface area (Å²) in [6.07, 6.45) is 1.50. The highest BCUT2D eigenvalue weighted by molar-refractivity contribution is 6.11. The number of nitrogens with one attached hydrogen (secondary N) is 1. The van der Waals surface area contributed by atoms with Gasteiger partial charge >= 0.3 is 0 Å². The van der Waals surface area contributed by atoms with Crippen LogP contribution in [-0.2, 0) is 11.3 Å². The van der Waals surface area contributed by atoms with Crippen LogP contribution in [-0.4, -0.2) is 48.4 Å². The van der Waals surface area contributed by atoms with Gasteiger partial charge in [-0.1, -0.05) is 24.3 Å². The first kappa shape index (κ1) is 22.2. The van der Waals surface area contributed by atoms with Gasteiger partial charge < -0.3 is 24.6 Å². The Morgan fingerprint density at radius 2 is 1.72 bits per heavy atom. The Labute approximate surface area is 208 Å². The summed E-state index contributed by atoms with van der Waals surface area (Å²) in [5.74, 6) is 0.870. The topological polar surface area (TPSA) is 88.2 Å². The normalized spacial score (nSPS) is 18.4. The zero-order valence-corrected chi connectivity index (χ0v) is 19.6. The van der Waals surface area contributed by atoms with Gasteiger partial charge in [-0.3, -0.25) is 14.4 Å². The number of benzene rings is 3. The summed E-state index contributed by atoms with van der Waals surface area (Å²) in [6.45, 7) is 1.90. The lowest BCUT2D eigenvalue weighted by molar-refractivity contribution is -0.122. The molecule has 1 N–H and O–H groups in total. The fraction of sp³-hybridized carbons (Fsp3) is 0.250. The largest absolute Gasteiger partial charge is 0.486 e. The van der Waals surface area contributed by atoms with Gasteiger partial charge in [0, 0.05) is 23.9 Å². The van der Waals surface area contributed by atoms with Gasteiger partial charge in [0.2, 0.25) is 5.91 Å². The van der Waals surface area contributed by atoms with Crippen molar-refractivity contribution in [3.8, 4) is 11.5 Å². The molecule has 36 heavy (non-hydrogen) atoms. The second-order valence-electron chi connectivity index (χ2n) is 9.11. The van der Waals surface area contributed by atoms with Crippen LogP contribution in [0.3, 0.4) is 0 Å². The molecule has 182 valence electrons. The van der Waals surface area contributed by atoms with E-state index in [9.17, 15) is 14.4 Å². The van der Waals surface area contributed by atoms with E-state index in [1.54, 1.807) is 46.2 Å². The molecule has 0 bridgehead atoms. The fourth-order valence-corrected chi connectivity index (χ4v) is 5.04. The average molecular weight is 484 g/mol. The molecule has 0 aliphatic carbocycles. The van der Waals surface area contributed by atoms with Crippen molar-refractivity contribution in [1.82, 2.24) is 4.90 Å². The van der Waals surface area contributed by atoms with Gasteiger partial charge in [-0.2, -0.15) is 0 Å². The van der Waals surface area contributed by atoms with Gasteiger partial charge in [-0.15, -0.1) is 0 Å². The molecule has 0 radical (unpaired) electrons. The third-order valence-corrected chi connectivity index (χ3v) is 6.85. The number of amides is 3. The van der Waals surface area contributed by atoms with Crippen LogP contribution < -0.4 is 19.7 Å². The van der Waals surface area contributed by atoms with Crippen molar-refractivity contribution in [2.75, 3.05) is 30.0 Å². The molecule has 1 saturated heterocycles. The summed E-state index contributed by atoms with van der Waals surface area (Å²) in [5.41, 5.74) is 3.15.